The van der Waals surface area contributed by atoms with Crippen LogP contribution in [0.25, 0.3) is 0 Å². The summed E-state index contributed by atoms with van der Waals surface area (Å²) in [7, 11) is 0.147. The van der Waals surface area contributed by atoms with E-state index < -0.39 is 0 Å². The molecule has 2 aromatic carbocycles. The van der Waals surface area contributed by atoms with Gasteiger partial charge in [-0.15, -0.1) is 0 Å². The van der Waals surface area contributed by atoms with E-state index in [-0.39, 0.29) is 33.0 Å². The van der Waals surface area contributed by atoms with E-state index in [0.717, 1.165) is 33.3 Å². The quantitative estimate of drug-likeness (QED) is 0.577. The topological polar surface area (TPSA) is 26.3 Å². The molecule has 0 heterocycles. The van der Waals surface area contributed by atoms with Gasteiger partial charge in [0.15, 0.2) is 5.52 Å². The zero-order valence-electron chi connectivity index (χ0n) is 15.6. The second-order valence-electron chi connectivity index (χ2n) is 6.40. The molecule has 0 aliphatic heterocycles. The standard InChI is InChI=1S/C20H25O2P.Li/c1-13(2)12-22-17-9-10-18(16(5)11-17)23-20(21)19-14(3)7-6-8-15(19)4;/h6-11,13,23H,12H2,1-5H3;. The van der Waals surface area contributed by atoms with Crippen LogP contribution in [0.3, 0.4) is 0 Å². The van der Waals surface area contributed by atoms with Crippen molar-refractivity contribution < 1.29 is 9.53 Å². The summed E-state index contributed by atoms with van der Waals surface area (Å²) in [5, 5.41) is 1.09. The first kappa shape index (κ1) is 21.0. The number of benzene rings is 2. The largest absolute Gasteiger partial charge is 0.493 e. The van der Waals surface area contributed by atoms with Gasteiger partial charge in [-0.3, -0.25) is 4.79 Å². The Morgan fingerprint density at radius 3 is 2.21 bits per heavy atom. The Morgan fingerprint density at radius 2 is 1.67 bits per heavy atom. The third-order valence-corrected chi connectivity index (χ3v) is 5.04. The number of hydrogen-bond acceptors (Lipinski definition) is 2. The van der Waals surface area contributed by atoms with Crippen molar-refractivity contribution >= 4 is 38.3 Å². The molecule has 2 nitrogen and oxygen atoms in total. The van der Waals surface area contributed by atoms with Gasteiger partial charge in [-0.05, 0) is 69.4 Å². The van der Waals surface area contributed by atoms with Crippen LogP contribution in [0.5, 0.6) is 5.75 Å². The summed E-state index contributed by atoms with van der Waals surface area (Å²) < 4.78 is 5.75. The van der Waals surface area contributed by atoms with E-state index >= 15 is 0 Å². The van der Waals surface area contributed by atoms with E-state index in [0.29, 0.717) is 12.5 Å². The third-order valence-electron chi connectivity index (χ3n) is 3.74. The van der Waals surface area contributed by atoms with Gasteiger partial charge in [-0.2, -0.15) is 0 Å². The van der Waals surface area contributed by atoms with E-state index in [1.807, 2.05) is 57.2 Å². The molecule has 0 N–H and O–H groups in total. The SMILES string of the molecule is Cc1cc(OCC(C)C)ccc1PC(=O)c1c(C)cccc1C.[Li]. The van der Waals surface area contributed by atoms with Crippen LogP contribution in [0.4, 0.5) is 0 Å². The number of carbonyl (C=O) groups excluding carboxylic acids is 1. The van der Waals surface area contributed by atoms with Gasteiger partial charge in [0.05, 0.1) is 6.61 Å². The number of rotatable bonds is 6. The maximum absolute atomic E-state index is 12.7. The first-order valence-electron chi connectivity index (χ1n) is 7.99. The van der Waals surface area contributed by atoms with Gasteiger partial charge < -0.3 is 4.74 Å². The van der Waals surface area contributed by atoms with Crippen molar-refractivity contribution in [2.75, 3.05) is 6.61 Å². The molecule has 1 radical (unpaired) electrons. The van der Waals surface area contributed by atoms with Crippen LogP contribution in [-0.2, 0) is 0 Å². The summed E-state index contributed by atoms with van der Waals surface area (Å²) in [6.07, 6.45) is 0. The predicted octanol–water partition coefficient (Wildman–Crippen LogP) is 4.41. The van der Waals surface area contributed by atoms with E-state index in [2.05, 4.69) is 13.8 Å². The summed E-state index contributed by atoms with van der Waals surface area (Å²) >= 11 is 0. The van der Waals surface area contributed by atoms with E-state index in [9.17, 15) is 4.79 Å². The van der Waals surface area contributed by atoms with Crippen LogP contribution >= 0.6 is 8.58 Å². The number of aryl methyl sites for hydroxylation is 3. The summed E-state index contributed by atoms with van der Waals surface area (Å²) in [5.74, 6) is 1.38. The Labute approximate surface area is 159 Å². The second-order valence-corrected chi connectivity index (χ2v) is 7.65. The van der Waals surface area contributed by atoms with Crippen molar-refractivity contribution in [3.63, 3.8) is 0 Å². The van der Waals surface area contributed by atoms with E-state index in [1.165, 1.54) is 0 Å². The number of carbonyl (C=O) groups is 1. The molecule has 0 saturated carbocycles. The molecule has 0 fully saturated rings. The molecule has 123 valence electrons. The smallest absolute Gasteiger partial charge is 0.186 e. The monoisotopic (exact) mass is 335 g/mol. The van der Waals surface area contributed by atoms with Crippen molar-refractivity contribution in [1.29, 1.82) is 0 Å². The molecule has 0 amide bonds. The average molecular weight is 335 g/mol. The minimum absolute atomic E-state index is 0. The minimum atomic E-state index is 0. The Hall–Kier alpha value is -1.06. The molecule has 2 aromatic rings. The first-order valence-corrected chi connectivity index (χ1v) is 8.99. The molecule has 0 aromatic heterocycles. The zero-order chi connectivity index (χ0) is 17.0. The molecule has 0 spiro atoms. The van der Waals surface area contributed by atoms with Gasteiger partial charge in [0, 0.05) is 24.4 Å². The van der Waals surface area contributed by atoms with Gasteiger partial charge in [0.2, 0.25) is 0 Å². The molecule has 0 saturated heterocycles. The summed E-state index contributed by atoms with van der Waals surface area (Å²) in [4.78, 5) is 12.7. The van der Waals surface area contributed by atoms with Crippen LogP contribution in [-0.4, -0.2) is 31.0 Å². The van der Waals surface area contributed by atoms with Gasteiger partial charge >= 0.3 is 0 Å². The van der Waals surface area contributed by atoms with Crippen LogP contribution in [0.1, 0.15) is 40.9 Å². The Morgan fingerprint density at radius 1 is 1.04 bits per heavy atom. The molecular formula is C20H25LiO2P. The van der Waals surface area contributed by atoms with Crippen molar-refractivity contribution in [3.05, 3.63) is 58.7 Å². The normalized spacial score (nSPS) is 10.9. The molecule has 2 rings (SSSR count). The van der Waals surface area contributed by atoms with Crippen molar-refractivity contribution in [1.82, 2.24) is 0 Å². The Kier molecular flexibility index (Phi) is 8.24. The van der Waals surface area contributed by atoms with Crippen LogP contribution < -0.4 is 10.0 Å². The molecule has 1 atom stereocenters. The Balaban J connectivity index is 0.00000288. The van der Waals surface area contributed by atoms with E-state index in [4.69, 9.17) is 4.74 Å². The fourth-order valence-corrected chi connectivity index (χ4v) is 3.69. The van der Waals surface area contributed by atoms with Crippen LogP contribution in [0.15, 0.2) is 36.4 Å². The predicted molar refractivity (Wildman–Crippen MR) is 105 cm³/mol. The molecule has 24 heavy (non-hydrogen) atoms. The van der Waals surface area contributed by atoms with Gasteiger partial charge in [0.25, 0.3) is 0 Å². The maximum atomic E-state index is 12.7. The number of ether oxygens (including phenoxy) is 1. The van der Waals surface area contributed by atoms with Crippen molar-refractivity contribution in [2.45, 2.75) is 34.6 Å². The van der Waals surface area contributed by atoms with Crippen LogP contribution in [0, 0.1) is 26.7 Å². The summed E-state index contributed by atoms with van der Waals surface area (Å²) in [6, 6.07) is 12.0. The third kappa shape index (κ3) is 5.49. The molecule has 4 heteroatoms. The molecule has 0 aliphatic carbocycles. The Bertz CT molecular complexity index is 691. The zero-order valence-corrected chi connectivity index (χ0v) is 16.6. The average Bonchev–Trinajstić information content (AvgIpc) is 2.47. The number of hydrogen-bond donors (Lipinski definition) is 0. The fraction of sp³-hybridized carbons (Fsp3) is 0.350. The van der Waals surface area contributed by atoms with Gasteiger partial charge in [-0.1, -0.05) is 38.1 Å². The maximum Gasteiger partial charge on any atom is 0.186 e. The van der Waals surface area contributed by atoms with E-state index in [1.54, 1.807) is 0 Å². The molecule has 1 unspecified atom stereocenters. The van der Waals surface area contributed by atoms with Crippen LogP contribution in [0.2, 0.25) is 0 Å². The van der Waals surface area contributed by atoms with Crippen molar-refractivity contribution in [3.8, 4) is 5.75 Å². The molecule has 0 bridgehead atoms. The molecular weight excluding hydrogens is 310 g/mol. The van der Waals surface area contributed by atoms with Crippen molar-refractivity contribution in [2.24, 2.45) is 5.92 Å². The molecule has 0 aliphatic rings. The fourth-order valence-electron chi connectivity index (χ4n) is 2.49. The van der Waals surface area contributed by atoms with Gasteiger partial charge in [-0.25, -0.2) is 0 Å². The summed E-state index contributed by atoms with van der Waals surface area (Å²) in [5.41, 5.74) is 4.29. The summed E-state index contributed by atoms with van der Waals surface area (Å²) in [6.45, 7) is 11.0. The second kappa shape index (κ2) is 9.43. The first-order chi connectivity index (χ1) is 10.9. The minimum Gasteiger partial charge on any atom is -0.493 e. The van der Waals surface area contributed by atoms with Gasteiger partial charge in [0.1, 0.15) is 5.75 Å².